The molecule has 1 amide bonds. The zero-order chi connectivity index (χ0) is 15.1. The number of hydrogen-bond donors (Lipinski definition) is 2. The Morgan fingerprint density at radius 2 is 1.74 bits per heavy atom. The van der Waals surface area contributed by atoms with Gasteiger partial charge in [0.25, 0.3) is 0 Å². The van der Waals surface area contributed by atoms with E-state index < -0.39 is 5.60 Å². The summed E-state index contributed by atoms with van der Waals surface area (Å²) in [7, 11) is 0. The average Bonchev–Trinajstić information content (AvgIpc) is 2.25. The van der Waals surface area contributed by atoms with E-state index in [0.29, 0.717) is 12.0 Å². The lowest BCUT2D eigenvalue weighted by Crippen LogP contribution is -2.47. The van der Waals surface area contributed by atoms with Gasteiger partial charge in [-0.05, 0) is 39.5 Å². The van der Waals surface area contributed by atoms with Crippen LogP contribution in [0.1, 0.15) is 61.3 Å². The molecule has 0 rings (SSSR count). The minimum absolute atomic E-state index is 0.114. The predicted molar refractivity (Wildman–Crippen MR) is 80.4 cm³/mol. The lowest BCUT2D eigenvalue weighted by atomic mass is 10.0. The highest BCUT2D eigenvalue weighted by molar-refractivity contribution is 5.68. The fraction of sp³-hybridized carbons (Fsp3) is 0.933. The van der Waals surface area contributed by atoms with Gasteiger partial charge < -0.3 is 15.4 Å². The summed E-state index contributed by atoms with van der Waals surface area (Å²) >= 11 is 0. The highest BCUT2D eigenvalue weighted by atomic mass is 16.6. The summed E-state index contributed by atoms with van der Waals surface area (Å²) in [6, 6.07) is 0.608. The van der Waals surface area contributed by atoms with Crippen molar-refractivity contribution in [2.24, 2.45) is 5.92 Å². The smallest absolute Gasteiger partial charge is 0.407 e. The lowest BCUT2D eigenvalue weighted by molar-refractivity contribution is 0.0501. The minimum Gasteiger partial charge on any atom is -0.444 e. The number of rotatable bonds is 7. The lowest BCUT2D eigenvalue weighted by Gasteiger charge is -2.26. The van der Waals surface area contributed by atoms with Crippen molar-refractivity contribution in [1.29, 1.82) is 0 Å². The van der Waals surface area contributed by atoms with Crippen molar-refractivity contribution in [1.82, 2.24) is 10.6 Å². The van der Waals surface area contributed by atoms with Crippen molar-refractivity contribution >= 4 is 6.09 Å². The molecule has 0 saturated heterocycles. The van der Waals surface area contributed by atoms with Crippen LogP contribution in [0.25, 0.3) is 0 Å². The zero-order valence-electron chi connectivity index (χ0n) is 13.7. The largest absolute Gasteiger partial charge is 0.444 e. The van der Waals surface area contributed by atoms with Crippen LogP contribution in [0.4, 0.5) is 4.79 Å². The van der Waals surface area contributed by atoms with Gasteiger partial charge in [-0.3, -0.25) is 0 Å². The summed E-state index contributed by atoms with van der Waals surface area (Å²) < 4.78 is 5.27. The normalized spacial score (nSPS) is 15.2. The van der Waals surface area contributed by atoms with E-state index in [1.807, 2.05) is 20.8 Å². The highest BCUT2D eigenvalue weighted by Gasteiger charge is 2.19. The molecule has 0 aromatic carbocycles. The molecule has 114 valence electrons. The maximum Gasteiger partial charge on any atom is 0.407 e. The first-order chi connectivity index (χ1) is 8.69. The maximum absolute atomic E-state index is 11.7. The summed E-state index contributed by atoms with van der Waals surface area (Å²) in [5.74, 6) is 0.601. The van der Waals surface area contributed by atoms with Gasteiger partial charge in [0.1, 0.15) is 5.60 Å². The molecule has 4 heteroatoms. The van der Waals surface area contributed by atoms with Crippen LogP contribution in [0.3, 0.4) is 0 Å². The molecule has 2 atom stereocenters. The molecule has 0 radical (unpaired) electrons. The van der Waals surface area contributed by atoms with Crippen LogP contribution >= 0.6 is 0 Å². The van der Waals surface area contributed by atoms with Crippen LogP contribution in [0.15, 0.2) is 0 Å². The molecule has 19 heavy (non-hydrogen) atoms. The summed E-state index contributed by atoms with van der Waals surface area (Å²) in [6.45, 7) is 15.1. The minimum atomic E-state index is -0.445. The molecule has 0 fully saturated rings. The van der Waals surface area contributed by atoms with Crippen molar-refractivity contribution in [3.63, 3.8) is 0 Å². The summed E-state index contributed by atoms with van der Waals surface area (Å²) in [6.07, 6.45) is 1.65. The van der Waals surface area contributed by atoms with Crippen molar-refractivity contribution in [2.75, 3.05) is 6.54 Å². The second-order valence-corrected chi connectivity index (χ2v) is 6.42. The molecular weight excluding hydrogens is 240 g/mol. The molecule has 0 spiro atoms. The molecule has 0 heterocycles. The highest BCUT2D eigenvalue weighted by Crippen LogP contribution is 2.08. The number of carbonyl (C=O) groups is 1. The summed E-state index contributed by atoms with van der Waals surface area (Å²) in [5, 5.41) is 6.44. The van der Waals surface area contributed by atoms with Crippen LogP contribution in [-0.4, -0.2) is 30.3 Å². The van der Waals surface area contributed by atoms with Gasteiger partial charge in [-0.25, -0.2) is 4.79 Å². The first-order valence-electron chi connectivity index (χ1n) is 7.42. The van der Waals surface area contributed by atoms with Gasteiger partial charge in [-0.15, -0.1) is 0 Å². The Hall–Kier alpha value is -0.770. The van der Waals surface area contributed by atoms with Crippen molar-refractivity contribution in [2.45, 2.75) is 79.0 Å². The second kappa shape index (κ2) is 8.41. The van der Waals surface area contributed by atoms with Gasteiger partial charge in [-0.2, -0.15) is 0 Å². The predicted octanol–water partition coefficient (Wildman–Crippen LogP) is 3.31. The third-order valence-electron chi connectivity index (χ3n) is 3.08. The Balaban J connectivity index is 4.18. The van der Waals surface area contributed by atoms with Crippen LogP contribution in [0.2, 0.25) is 0 Å². The topological polar surface area (TPSA) is 50.4 Å². The van der Waals surface area contributed by atoms with Crippen molar-refractivity contribution in [3.05, 3.63) is 0 Å². The first kappa shape index (κ1) is 18.2. The molecule has 0 aliphatic heterocycles. The van der Waals surface area contributed by atoms with Gasteiger partial charge in [0.2, 0.25) is 0 Å². The van der Waals surface area contributed by atoms with Crippen LogP contribution in [0, 0.1) is 5.92 Å². The van der Waals surface area contributed by atoms with E-state index in [0.717, 1.165) is 19.4 Å². The second-order valence-electron chi connectivity index (χ2n) is 6.42. The molecule has 4 nitrogen and oxygen atoms in total. The first-order valence-corrected chi connectivity index (χ1v) is 7.42. The van der Waals surface area contributed by atoms with Gasteiger partial charge in [0.05, 0.1) is 0 Å². The Morgan fingerprint density at radius 1 is 1.16 bits per heavy atom. The quantitative estimate of drug-likeness (QED) is 0.747. The Labute approximate surface area is 118 Å². The third-order valence-corrected chi connectivity index (χ3v) is 3.08. The van der Waals surface area contributed by atoms with Crippen LogP contribution in [-0.2, 0) is 4.74 Å². The zero-order valence-corrected chi connectivity index (χ0v) is 13.7. The fourth-order valence-corrected chi connectivity index (χ4v) is 1.92. The molecule has 0 aliphatic carbocycles. The standard InChI is InChI=1S/C15H32N2O2/c1-8-12(10-16-13(9-2)11(3)4)17-14(18)19-15(5,6)7/h11-13,16H,8-10H2,1-7H3,(H,17,18). The number of amides is 1. The number of carbonyl (C=O) groups excluding carboxylic acids is 1. The van der Waals surface area contributed by atoms with Crippen molar-refractivity contribution in [3.8, 4) is 0 Å². The molecule has 2 N–H and O–H groups in total. The number of ether oxygens (including phenoxy) is 1. The molecular formula is C15H32N2O2. The number of alkyl carbamates (subject to hydrolysis) is 1. The maximum atomic E-state index is 11.7. The Morgan fingerprint density at radius 3 is 2.11 bits per heavy atom. The van der Waals surface area contributed by atoms with Crippen LogP contribution in [0.5, 0.6) is 0 Å². The van der Waals surface area contributed by atoms with Crippen LogP contribution < -0.4 is 10.6 Å². The van der Waals surface area contributed by atoms with E-state index in [1.54, 1.807) is 0 Å². The summed E-state index contributed by atoms with van der Waals surface area (Å²) in [4.78, 5) is 11.7. The van der Waals surface area contributed by atoms with E-state index >= 15 is 0 Å². The van der Waals surface area contributed by atoms with Gasteiger partial charge in [0, 0.05) is 18.6 Å². The van der Waals surface area contributed by atoms with Gasteiger partial charge in [-0.1, -0.05) is 27.7 Å². The molecule has 0 aromatic heterocycles. The summed E-state index contributed by atoms with van der Waals surface area (Å²) in [5.41, 5.74) is -0.445. The van der Waals surface area contributed by atoms with E-state index in [-0.39, 0.29) is 12.1 Å². The van der Waals surface area contributed by atoms with E-state index in [9.17, 15) is 4.79 Å². The number of nitrogens with one attached hydrogen (secondary N) is 2. The number of hydrogen-bond acceptors (Lipinski definition) is 3. The third kappa shape index (κ3) is 8.87. The fourth-order valence-electron chi connectivity index (χ4n) is 1.92. The van der Waals surface area contributed by atoms with Crippen molar-refractivity contribution < 1.29 is 9.53 Å². The molecule has 0 saturated carbocycles. The average molecular weight is 272 g/mol. The van der Waals surface area contributed by atoms with Gasteiger partial charge >= 0.3 is 6.09 Å². The van der Waals surface area contributed by atoms with E-state index in [2.05, 4.69) is 38.3 Å². The molecule has 0 aromatic rings. The molecule has 2 unspecified atom stereocenters. The van der Waals surface area contributed by atoms with Gasteiger partial charge in [0.15, 0.2) is 0 Å². The monoisotopic (exact) mass is 272 g/mol. The Bertz CT molecular complexity index is 259. The van der Waals surface area contributed by atoms with E-state index in [4.69, 9.17) is 4.74 Å². The molecule has 0 bridgehead atoms. The Kier molecular flexibility index (Phi) is 8.07. The molecule has 0 aliphatic rings. The SMILES string of the molecule is CCC(CNC(CC)C(C)C)NC(=O)OC(C)(C)C. The van der Waals surface area contributed by atoms with E-state index in [1.165, 1.54) is 0 Å².